The largest absolute Gasteiger partial charge is 0.357 e. The summed E-state index contributed by atoms with van der Waals surface area (Å²) in [7, 11) is 0. The third-order valence-electron chi connectivity index (χ3n) is 3.47. The second-order valence-corrected chi connectivity index (χ2v) is 4.97. The van der Waals surface area contributed by atoms with Crippen LogP contribution in [0.1, 0.15) is 33.4 Å². The third kappa shape index (κ3) is 6.58. The van der Waals surface area contributed by atoms with Crippen molar-refractivity contribution in [3.05, 3.63) is 30.1 Å². The molecule has 118 valence electrons. The van der Waals surface area contributed by atoms with Crippen LogP contribution in [0.5, 0.6) is 0 Å². The Hall–Kier alpha value is -1.62. The van der Waals surface area contributed by atoms with Gasteiger partial charge in [0.2, 0.25) is 0 Å². The Morgan fingerprint density at radius 1 is 1.24 bits per heavy atom. The molecule has 5 nitrogen and oxygen atoms in total. The molecule has 0 aliphatic heterocycles. The van der Waals surface area contributed by atoms with Crippen molar-refractivity contribution < 1.29 is 0 Å². The Labute approximate surface area is 128 Å². The lowest BCUT2D eigenvalue weighted by molar-refractivity contribution is 0.231. The fraction of sp³-hybridized carbons (Fsp3) is 0.625. The van der Waals surface area contributed by atoms with Crippen LogP contribution in [-0.4, -0.2) is 48.1 Å². The molecular weight excluding hydrogens is 262 g/mol. The number of hydrogen-bond acceptors (Lipinski definition) is 3. The normalized spacial score (nSPS) is 13.3. The number of likely N-dealkylation sites (N-methyl/N-ethyl adjacent to an activating group) is 1. The van der Waals surface area contributed by atoms with Gasteiger partial charge in [0.05, 0.1) is 12.2 Å². The molecule has 21 heavy (non-hydrogen) atoms. The molecule has 1 aromatic rings. The number of pyridine rings is 1. The highest BCUT2D eigenvalue weighted by Crippen LogP contribution is 1.97. The van der Waals surface area contributed by atoms with E-state index in [1.165, 1.54) is 0 Å². The van der Waals surface area contributed by atoms with E-state index in [4.69, 9.17) is 0 Å². The quantitative estimate of drug-likeness (QED) is 0.567. The monoisotopic (exact) mass is 291 g/mol. The van der Waals surface area contributed by atoms with Crippen molar-refractivity contribution in [3.63, 3.8) is 0 Å². The summed E-state index contributed by atoms with van der Waals surface area (Å²) >= 11 is 0. The minimum Gasteiger partial charge on any atom is -0.357 e. The molecule has 0 saturated heterocycles. The van der Waals surface area contributed by atoms with E-state index < -0.39 is 0 Å². The zero-order valence-corrected chi connectivity index (χ0v) is 13.8. The molecule has 0 amide bonds. The zero-order valence-electron chi connectivity index (χ0n) is 13.8. The number of nitrogens with zero attached hydrogens (tertiary/aromatic N) is 3. The number of rotatable bonds is 8. The number of nitrogens with one attached hydrogen (secondary N) is 2. The van der Waals surface area contributed by atoms with E-state index in [1.807, 2.05) is 18.2 Å². The van der Waals surface area contributed by atoms with Gasteiger partial charge in [-0.2, -0.15) is 0 Å². The molecule has 0 fully saturated rings. The first kappa shape index (κ1) is 17.4. The van der Waals surface area contributed by atoms with Crippen molar-refractivity contribution in [2.75, 3.05) is 26.2 Å². The van der Waals surface area contributed by atoms with E-state index in [2.05, 4.69) is 53.2 Å². The molecule has 2 N–H and O–H groups in total. The summed E-state index contributed by atoms with van der Waals surface area (Å²) in [5.74, 6) is 0.849. The van der Waals surface area contributed by atoms with Gasteiger partial charge in [-0.05, 0) is 39.1 Å². The van der Waals surface area contributed by atoms with Gasteiger partial charge in [0, 0.05) is 25.3 Å². The summed E-state index contributed by atoms with van der Waals surface area (Å²) in [5, 5.41) is 6.69. The fourth-order valence-electron chi connectivity index (χ4n) is 2.21. The maximum atomic E-state index is 4.58. The van der Waals surface area contributed by atoms with Gasteiger partial charge in [-0.15, -0.1) is 0 Å². The van der Waals surface area contributed by atoms with Crippen molar-refractivity contribution in [3.8, 4) is 0 Å². The van der Waals surface area contributed by atoms with Crippen molar-refractivity contribution in [2.24, 2.45) is 4.99 Å². The highest BCUT2D eigenvalue weighted by Gasteiger charge is 2.10. The lowest BCUT2D eigenvalue weighted by Crippen LogP contribution is -2.46. The molecule has 1 heterocycles. The summed E-state index contributed by atoms with van der Waals surface area (Å²) in [6.45, 7) is 13.2. The topological polar surface area (TPSA) is 52.6 Å². The van der Waals surface area contributed by atoms with Crippen LogP contribution in [0.15, 0.2) is 29.4 Å². The predicted molar refractivity (Wildman–Crippen MR) is 89.4 cm³/mol. The van der Waals surface area contributed by atoms with Crippen molar-refractivity contribution in [1.29, 1.82) is 0 Å². The minimum absolute atomic E-state index is 0.485. The van der Waals surface area contributed by atoms with E-state index in [0.29, 0.717) is 12.6 Å². The van der Waals surface area contributed by atoms with Crippen LogP contribution in [-0.2, 0) is 6.54 Å². The van der Waals surface area contributed by atoms with Crippen molar-refractivity contribution >= 4 is 5.96 Å². The molecule has 0 aliphatic carbocycles. The van der Waals surface area contributed by atoms with E-state index in [0.717, 1.165) is 37.8 Å². The summed E-state index contributed by atoms with van der Waals surface area (Å²) < 4.78 is 0. The summed E-state index contributed by atoms with van der Waals surface area (Å²) in [5.41, 5.74) is 0.978. The number of aromatic nitrogens is 1. The van der Waals surface area contributed by atoms with Gasteiger partial charge in [-0.3, -0.25) is 9.88 Å². The molecule has 0 aliphatic rings. The van der Waals surface area contributed by atoms with Crippen LogP contribution in [0.25, 0.3) is 0 Å². The highest BCUT2D eigenvalue weighted by molar-refractivity contribution is 5.79. The number of hydrogen-bond donors (Lipinski definition) is 2. The van der Waals surface area contributed by atoms with E-state index in [1.54, 1.807) is 6.20 Å². The Morgan fingerprint density at radius 2 is 2.00 bits per heavy atom. The van der Waals surface area contributed by atoms with Gasteiger partial charge < -0.3 is 10.6 Å². The van der Waals surface area contributed by atoms with Gasteiger partial charge in [-0.1, -0.05) is 19.9 Å². The Kier molecular flexibility index (Phi) is 8.43. The van der Waals surface area contributed by atoms with Crippen LogP contribution in [0.3, 0.4) is 0 Å². The fourth-order valence-corrected chi connectivity index (χ4v) is 2.21. The van der Waals surface area contributed by atoms with Gasteiger partial charge in [0.1, 0.15) is 0 Å². The highest BCUT2D eigenvalue weighted by atomic mass is 15.2. The smallest absolute Gasteiger partial charge is 0.191 e. The van der Waals surface area contributed by atoms with Crippen molar-refractivity contribution in [2.45, 2.75) is 40.3 Å². The summed E-state index contributed by atoms with van der Waals surface area (Å²) in [6, 6.07) is 6.38. The van der Waals surface area contributed by atoms with Crippen LogP contribution in [0.2, 0.25) is 0 Å². The van der Waals surface area contributed by atoms with Gasteiger partial charge in [0.15, 0.2) is 5.96 Å². The van der Waals surface area contributed by atoms with E-state index >= 15 is 0 Å². The number of guanidine groups is 1. The molecule has 1 atom stereocenters. The molecule has 0 aromatic carbocycles. The Balaban J connectivity index is 2.52. The van der Waals surface area contributed by atoms with Crippen LogP contribution < -0.4 is 10.6 Å². The Bertz CT molecular complexity index is 400. The second kappa shape index (κ2) is 10.2. The third-order valence-corrected chi connectivity index (χ3v) is 3.47. The van der Waals surface area contributed by atoms with Gasteiger partial charge >= 0.3 is 0 Å². The second-order valence-electron chi connectivity index (χ2n) is 4.97. The SMILES string of the molecule is CCNC(=NCc1ccccn1)NCC(C)N(CC)CC. The lowest BCUT2D eigenvalue weighted by atomic mass is 10.3. The Morgan fingerprint density at radius 3 is 2.57 bits per heavy atom. The molecule has 1 rings (SSSR count). The molecule has 0 spiro atoms. The van der Waals surface area contributed by atoms with E-state index in [-0.39, 0.29) is 0 Å². The van der Waals surface area contributed by atoms with Crippen LogP contribution >= 0.6 is 0 Å². The average molecular weight is 291 g/mol. The molecule has 0 bridgehead atoms. The van der Waals surface area contributed by atoms with Crippen molar-refractivity contribution in [1.82, 2.24) is 20.5 Å². The van der Waals surface area contributed by atoms with Crippen LogP contribution in [0, 0.1) is 0 Å². The maximum Gasteiger partial charge on any atom is 0.191 e. The summed E-state index contributed by atoms with van der Waals surface area (Å²) in [6.07, 6.45) is 1.80. The zero-order chi connectivity index (χ0) is 15.5. The first-order valence-corrected chi connectivity index (χ1v) is 7.87. The molecular formula is C16H29N5. The minimum atomic E-state index is 0.485. The maximum absolute atomic E-state index is 4.58. The number of aliphatic imine (C=N–C) groups is 1. The van der Waals surface area contributed by atoms with Gasteiger partial charge in [-0.25, -0.2) is 4.99 Å². The lowest BCUT2D eigenvalue weighted by Gasteiger charge is -2.27. The molecule has 1 unspecified atom stereocenters. The standard InChI is InChI=1S/C16H29N5/c1-5-17-16(19-12-14(4)21(6-2)7-3)20-13-15-10-8-9-11-18-15/h8-11,14H,5-7,12-13H2,1-4H3,(H2,17,19,20). The predicted octanol–water partition coefficient (Wildman–Crippen LogP) is 1.87. The first-order valence-electron chi connectivity index (χ1n) is 7.87. The molecule has 1 aromatic heterocycles. The van der Waals surface area contributed by atoms with Gasteiger partial charge in [0.25, 0.3) is 0 Å². The first-order chi connectivity index (χ1) is 10.2. The summed E-state index contributed by atoms with van der Waals surface area (Å²) in [4.78, 5) is 11.3. The average Bonchev–Trinajstić information content (AvgIpc) is 2.52. The van der Waals surface area contributed by atoms with Crippen LogP contribution in [0.4, 0.5) is 0 Å². The molecule has 0 radical (unpaired) electrons. The molecule has 0 saturated carbocycles. The molecule has 5 heteroatoms. The van der Waals surface area contributed by atoms with E-state index in [9.17, 15) is 0 Å².